The van der Waals surface area contributed by atoms with Crippen LogP contribution in [0.1, 0.15) is 32.1 Å². The minimum atomic E-state index is -0.323. The van der Waals surface area contributed by atoms with Crippen LogP contribution in [0.4, 0.5) is 10.5 Å². The van der Waals surface area contributed by atoms with Gasteiger partial charge in [-0.3, -0.25) is 4.79 Å². The molecule has 0 aromatic heterocycles. The van der Waals surface area contributed by atoms with E-state index < -0.39 is 0 Å². The lowest BCUT2D eigenvalue weighted by atomic mass is 9.68. The molecule has 1 saturated carbocycles. The smallest absolute Gasteiger partial charge is 0.321 e. The number of likely N-dealkylation sites (tertiary alicyclic amines) is 1. The van der Waals surface area contributed by atoms with E-state index in [2.05, 4.69) is 10.6 Å². The van der Waals surface area contributed by atoms with Crippen LogP contribution in [-0.2, 0) is 9.53 Å². The monoisotopic (exact) mass is 345 g/mol. The molecule has 0 atom stereocenters. The Morgan fingerprint density at radius 2 is 1.88 bits per heavy atom. The lowest BCUT2D eigenvalue weighted by Gasteiger charge is -2.41. The number of hydrogen-bond donors (Lipinski definition) is 2. The fourth-order valence-electron chi connectivity index (χ4n) is 3.61. The molecule has 0 unspecified atom stereocenters. The van der Waals surface area contributed by atoms with Crippen molar-refractivity contribution < 1.29 is 14.3 Å². The number of benzene rings is 1. The summed E-state index contributed by atoms with van der Waals surface area (Å²) in [5.41, 5.74) is 0.478. The highest BCUT2D eigenvalue weighted by molar-refractivity contribution is 5.89. The number of amides is 3. The molecule has 136 valence electrons. The molecule has 2 aliphatic rings. The first kappa shape index (κ1) is 17.7. The zero-order valence-electron chi connectivity index (χ0n) is 14.8. The minimum Gasteiger partial charge on any atom is -0.384 e. The molecular weight excluding hydrogens is 318 g/mol. The fraction of sp³-hybridized carbons (Fsp3) is 0.579. The van der Waals surface area contributed by atoms with Gasteiger partial charge in [0, 0.05) is 31.9 Å². The summed E-state index contributed by atoms with van der Waals surface area (Å²) in [5, 5.41) is 6.09. The van der Waals surface area contributed by atoms with Gasteiger partial charge in [-0.15, -0.1) is 0 Å². The van der Waals surface area contributed by atoms with Gasteiger partial charge in [0.2, 0.25) is 5.91 Å². The van der Waals surface area contributed by atoms with Gasteiger partial charge in [0.1, 0.15) is 0 Å². The van der Waals surface area contributed by atoms with Crippen LogP contribution >= 0.6 is 0 Å². The standard InChI is InChI=1S/C19H27N3O3/c1-25-14-19(10-5-11-19)17(23)20-16-8-12-22(13-9-16)18(24)21-15-6-3-2-4-7-15/h2-4,6-7,16H,5,8-14H2,1H3,(H,20,23)(H,21,24). The number of nitrogens with zero attached hydrogens (tertiary/aromatic N) is 1. The van der Waals surface area contributed by atoms with Gasteiger partial charge in [0.05, 0.1) is 12.0 Å². The van der Waals surface area contributed by atoms with Crippen molar-refractivity contribution in [1.82, 2.24) is 10.2 Å². The van der Waals surface area contributed by atoms with Gasteiger partial charge in [-0.05, 0) is 37.8 Å². The maximum absolute atomic E-state index is 12.6. The van der Waals surface area contributed by atoms with Gasteiger partial charge < -0.3 is 20.3 Å². The van der Waals surface area contributed by atoms with E-state index in [1.807, 2.05) is 35.2 Å². The molecule has 1 aliphatic carbocycles. The quantitative estimate of drug-likeness (QED) is 0.862. The Hall–Kier alpha value is -2.08. The molecule has 1 heterocycles. The van der Waals surface area contributed by atoms with E-state index in [9.17, 15) is 9.59 Å². The molecule has 2 fully saturated rings. The van der Waals surface area contributed by atoms with E-state index in [0.29, 0.717) is 19.7 Å². The van der Waals surface area contributed by atoms with Gasteiger partial charge in [-0.25, -0.2) is 4.79 Å². The Balaban J connectivity index is 1.45. The molecule has 6 heteroatoms. The van der Waals surface area contributed by atoms with Crippen LogP contribution in [0.2, 0.25) is 0 Å². The van der Waals surface area contributed by atoms with Crippen LogP contribution in [0.5, 0.6) is 0 Å². The van der Waals surface area contributed by atoms with E-state index in [1.165, 1.54) is 0 Å². The van der Waals surface area contributed by atoms with E-state index >= 15 is 0 Å². The van der Waals surface area contributed by atoms with Crippen molar-refractivity contribution >= 4 is 17.6 Å². The lowest BCUT2D eigenvalue weighted by molar-refractivity contribution is -0.141. The summed E-state index contributed by atoms with van der Waals surface area (Å²) in [4.78, 5) is 26.7. The molecule has 1 aromatic carbocycles. The molecule has 2 N–H and O–H groups in total. The van der Waals surface area contributed by atoms with Gasteiger partial charge >= 0.3 is 6.03 Å². The van der Waals surface area contributed by atoms with E-state index in [4.69, 9.17) is 4.74 Å². The molecule has 0 radical (unpaired) electrons. The molecular formula is C19H27N3O3. The predicted molar refractivity (Wildman–Crippen MR) is 96.4 cm³/mol. The van der Waals surface area contributed by atoms with Gasteiger partial charge in [0.25, 0.3) is 0 Å². The first-order valence-corrected chi connectivity index (χ1v) is 9.04. The molecule has 1 aromatic rings. The van der Waals surface area contributed by atoms with Gasteiger partial charge in [-0.2, -0.15) is 0 Å². The molecule has 1 aliphatic heterocycles. The number of urea groups is 1. The predicted octanol–water partition coefficient (Wildman–Crippen LogP) is 2.62. The van der Waals surface area contributed by atoms with Crippen LogP contribution in [-0.4, -0.2) is 49.7 Å². The largest absolute Gasteiger partial charge is 0.384 e. The van der Waals surface area contributed by atoms with E-state index in [-0.39, 0.29) is 23.4 Å². The van der Waals surface area contributed by atoms with Crippen molar-refractivity contribution in [2.75, 3.05) is 32.1 Å². The lowest BCUT2D eigenvalue weighted by Crippen LogP contribution is -2.54. The molecule has 1 saturated heterocycles. The minimum absolute atomic E-state index is 0.0779. The number of methoxy groups -OCH3 is 1. The second-order valence-corrected chi connectivity index (χ2v) is 7.10. The summed E-state index contributed by atoms with van der Waals surface area (Å²) in [6, 6.07) is 9.52. The van der Waals surface area contributed by atoms with Crippen LogP contribution in [0, 0.1) is 5.41 Å². The number of rotatable bonds is 5. The molecule has 3 amide bonds. The Morgan fingerprint density at radius 1 is 1.20 bits per heavy atom. The Kier molecular flexibility index (Phi) is 5.58. The highest BCUT2D eigenvalue weighted by Gasteiger charge is 2.44. The van der Waals surface area contributed by atoms with Crippen molar-refractivity contribution in [3.63, 3.8) is 0 Å². The summed E-state index contributed by atoms with van der Waals surface area (Å²) in [6.07, 6.45) is 4.49. The van der Waals surface area contributed by atoms with Crippen LogP contribution in [0.25, 0.3) is 0 Å². The molecule has 6 nitrogen and oxygen atoms in total. The molecule has 25 heavy (non-hydrogen) atoms. The third-order valence-electron chi connectivity index (χ3n) is 5.36. The summed E-state index contributed by atoms with van der Waals surface area (Å²) in [5.74, 6) is 0.118. The van der Waals surface area contributed by atoms with Crippen molar-refractivity contribution in [3.8, 4) is 0 Å². The van der Waals surface area contributed by atoms with Crippen LogP contribution < -0.4 is 10.6 Å². The Labute approximate surface area is 148 Å². The van der Waals surface area contributed by atoms with Crippen molar-refractivity contribution in [2.24, 2.45) is 5.41 Å². The molecule has 0 bridgehead atoms. The highest BCUT2D eigenvalue weighted by atomic mass is 16.5. The number of piperidine rings is 1. The van der Waals surface area contributed by atoms with Crippen LogP contribution in [0.15, 0.2) is 30.3 Å². The third kappa shape index (κ3) is 4.12. The maximum atomic E-state index is 12.6. The second kappa shape index (κ2) is 7.87. The number of ether oxygens (including phenoxy) is 1. The topological polar surface area (TPSA) is 70.7 Å². The van der Waals surface area contributed by atoms with Crippen molar-refractivity contribution in [3.05, 3.63) is 30.3 Å². The Morgan fingerprint density at radius 3 is 2.44 bits per heavy atom. The zero-order valence-corrected chi connectivity index (χ0v) is 14.8. The van der Waals surface area contributed by atoms with Crippen LogP contribution in [0.3, 0.4) is 0 Å². The first-order chi connectivity index (χ1) is 12.1. The summed E-state index contributed by atoms with van der Waals surface area (Å²) >= 11 is 0. The number of para-hydroxylation sites is 1. The summed E-state index contributed by atoms with van der Waals surface area (Å²) < 4.78 is 5.24. The van der Waals surface area contributed by atoms with Crippen molar-refractivity contribution in [1.29, 1.82) is 0 Å². The number of nitrogens with one attached hydrogen (secondary N) is 2. The third-order valence-corrected chi connectivity index (χ3v) is 5.36. The Bertz CT molecular complexity index is 593. The van der Waals surface area contributed by atoms with E-state index in [1.54, 1.807) is 7.11 Å². The summed E-state index contributed by atoms with van der Waals surface area (Å²) in [7, 11) is 1.65. The zero-order chi connectivity index (χ0) is 17.7. The average Bonchev–Trinajstić information content (AvgIpc) is 2.59. The van der Waals surface area contributed by atoms with E-state index in [0.717, 1.165) is 37.8 Å². The number of carbonyl (C=O) groups is 2. The number of carbonyl (C=O) groups excluding carboxylic acids is 2. The normalized spacial score (nSPS) is 19.8. The fourth-order valence-corrected chi connectivity index (χ4v) is 3.61. The summed E-state index contributed by atoms with van der Waals surface area (Å²) in [6.45, 7) is 1.80. The number of anilines is 1. The second-order valence-electron chi connectivity index (χ2n) is 7.10. The van der Waals surface area contributed by atoms with Gasteiger partial charge in [0.15, 0.2) is 0 Å². The maximum Gasteiger partial charge on any atom is 0.321 e. The highest BCUT2D eigenvalue weighted by Crippen LogP contribution is 2.41. The SMILES string of the molecule is COCC1(C(=O)NC2CCN(C(=O)Nc3ccccc3)CC2)CCC1. The van der Waals surface area contributed by atoms with Crippen molar-refractivity contribution in [2.45, 2.75) is 38.1 Å². The number of hydrogen-bond acceptors (Lipinski definition) is 3. The molecule has 0 spiro atoms. The molecule has 3 rings (SSSR count). The average molecular weight is 345 g/mol. The van der Waals surface area contributed by atoms with Gasteiger partial charge in [-0.1, -0.05) is 24.6 Å². The first-order valence-electron chi connectivity index (χ1n) is 9.04.